The zero-order valence-electron chi connectivity index (χ0n) is 11.0. The van der Waals surface area contributed by atoms with Crippen molar-refractivity contribution >= 4 is 11.8 Å². The highest BCUT2D eigenvalue weighted by Gasteiger charge is 2.29. The molecule has 6 nitrogen and oxygen atoms in total. The third kappa shape index (κ3) is 3.74. The molecule has 4 N–H and O–H groups in total. The molecule has 0 amide bonds. The number of aliphatic imine (C=N–C) groups is 1. The number of rotatable bonds is 4. The molecule has 0 radical (unpaired) electrons. The molecule has 98 valence electrons. The fourth-order valence-electron chi connectivity index (χ4n) is 1.30. The van der Waals surface area contributed by atoms with Crippen LogP contribution in [0.1, 0.15) is 27.2 Å². The quantitative estimate of drug-likeness (QED) is 0.426. The Labute approximate surface area is 102 Å². The van der Waals surface area contributed by atoms with Crippen LogP contribution in [0.5, 0.6) is 0 Å². The average Bonchev–Trinajstić information content (AvgIpc) is 2.33. The van der Waals surface area contributed by atoms with E-state index in [2.05, 4.69) is 9.73 Å². The molecule has 17 heavy (non-hydrogen) atoms. The van der Waals surface area contributed by atoms with Gasteiger partial charge in [-0.25, -0.2) is 9.79 Å². The first-order valence-corrected chi connectivity index (χ1v) is 5.26. The van der Waals surface area contributed by atoms with Crippen LogP contribution in [-0.4, -0.2) is 31.6 Å². The lowest BCUT2D eigenvalue weighted by molar-refractivity contribution is -0.132. The molecule has 0 aromatic heterocycles. The lowest BCUT2D eigenvalue weighted by Gasteiger charge is -2.28. The van der Waals surface area contributed by atoms with Crippen LogP contribution >= 0.6 is 0 Å². The van der Waals surface area contributed by atoms with Gasteiger partial charge in [0.25, 0.3) is 0 Å². The molecular formula is C11H21N3O3. The summed E-state index contributed by atoms with van der Waals surface area (Å²) in [5.41, 5.74) is 11.5. The molecule has 1 atom stereocenters. The molecular weight excluding hydrogens is 222 g/mol. The molecule has 0 rings (SSSR count). The smallest absolute Gasteiger partial charge is 0.373 e. The predicted molar refractivity (Wildman–Crippen MR) is 66.2 cm³/mol. The number of amidine groups is 1. The van der Waals surface area contributed by atoms with Gasteiger partial charge in [0.15, 0.2) is 0 Å². The van der Waals surface area contributed by atoms with Crippen LogP contribution in [-0.2, 0) is 14.3 Å². The minimum atomic E-state index is -0.696. The largest absolute Gasteiger partial charge is 0.463 e. The van der Waals surface area contributed by atoms with Crippen molar-refractivity contribution in [3.05, 3.63) is 11.4 Å². The third-order valence-corrected chi connectivity index (χ3v) is 2.63. The van der Waals surface area contributed by atoms with E-state index in [-0.39, 0.29) is 5.84 Å². The second-order valence-electron chi connectivity index (χ2n) is 3.81. The number of hydrogen-bond acceptors (Lipinski definition) is 5. The number of ether oxygens (including phenoxy) is 2. The molecule has 0 saturated carbocycles. The highest BCUT2D eigenvalue weighted by atomic mass is 16.5. The van der Waals surface area contributed by atoms with E-state index in [1.165, 1.54) is 7.11 Å². The SMILES string of the molecule is CCC(C)(OC)/C(N=C(N)C(=O)OC)=C(\C)N. The first-order valence-electron chi connectivity index (χ1n) is 5.26. The normalized spacial score (nSPS) is 17.1. The second kappa shape index (κ2) is 6.24. The molecule has 0 aliphatic heterocycles. The fourth-order valence-corrected chi connectivity index (χ4v) is 1.30. The first kappa shape index (κ1) is 15.4. The summed E-state index contributed by atoms with van der Waals surface area (Å²) in [5, 5.41) is 0. The molecule has 0 saturated heterocycles. The van der Waals surface area contributed by atoms with Crippen LogP contribution in [0.4, 0.5) is 0 Å². The molecule has 0 aromatic carbocycles. The Morgan fingerprint density at radius 1 is 1.35 bits per heavy atom. The van der Waals surface area contributed by atoms with Gasteiger partial charge in [0.1, 0.15) is 5.60 Å². The van der Waals surface area contributed by atoms with E-state index in [1.807, 2.05) is 13.8 Å². The highest BCUT2D eigenvalue weighted by molar-refractivity contribution is 6.34. The summed E-state index contributed by atoms with van der Waals surface area (Å²) in [5.74, 6) is -0.942. The summed E-state index contributed by atoms with van der Waals surface area (Å²) in [7, 11) is 2.79. The van der Waals surface area contributed by atoms with Crippen molar-refractivity contribution in [1.29, 1.82) is 0 Å². The Morgan fingerprint density at radius 3 is 2.18 bits per heavy atom. The number of esters is 1. The van der Waals surface area contributed by atoms with E-state index in [4.69, 9.17) is 16.2 Å². The molecule has 1 unspecified atom stereocenters. The van der Waals surface area contributed by atoms with Crippen LogP contribution in [0.15, 0.2) is 16.4 Å². The zero-order valence-corrected chi connectivity index (χ0v) is 11.0. The van der Waals surface area contributed by atoms with Gasteiger partial charge in [-0.15, -0.1) is 0 Å². The maximum Gasteiger partial charge on any atom is 0.373 e. The van der Waals surface area contributed by atoms with E-state index in [1.54, 1.807) is 14.0 Å². The lowest BCUT2D eigenvalue weighted by atomic mass is 9.97. The lowest BCUT2D eigenvalue weighted by Crippen LogP contribution is -2.33. The van der Waals surface area contributed by atoms with Gasteiger partial charge in [0, 0.05) is 12.8 Å². The number of nitrogens with two attached hydrogens (primary N) is 2. The number of nitrogens with zero attached hydrogens (tertiary/aromatic N) is 1. The predicted octanol–water partition coefficient (Wildman–Crippen LogP) is 0.522. The number of carbonyl (C=O) groups is 1. The molecule has 0 aliphatic rings. The fraction of sp³-hybridized carbons (Fsp3) is 0.636. The summed E-state index contributed by atoms with van der Waals surface area (Å²) in [6.07, 6.45) is 0.644. The van der Waals surface area contributed by atoms with Gasteiger partial charge in [-0.2, -0.15) is 0 Å². The Kier molecular flexibility index (Phi) is 5.67. The maximum atomic E-state index is 11.2. The van der Waals surface area contributed by atoms with E-state index >= 15 is 0 Å². The van der Waals surface area contributed by atoms with E-state index < -0.39 is 11.6 Å². The molecule has 0 heterocycles. The maximum absolute atomic E-state index is 11.2. The Bertz CT molecular complexity index is 340. The summed E-state index contributed by atoms with van der Waals surface area (Å²) in [6, 6.07) is 0. The molecule has 0 bridgehead atoms. The minimum Gasteiger partial charge on any atom is -0.463 e. The van der Waals surface area contributed by atoms with E-state index in [0.29, 0.717) is 17.8 Å². The van der Waals surface area contributed by atoms with Gasteiger partial charge >= 0.3 is 5.97 Å². The summed E-state index contributed by atoms with van der Waals surface area (Å²) in [6.45, 7) is 5.43. The van der Waals surface area contributed by atoms with Gasteiger partial charge < -0.3 is 20.9 Å². The van der Waals surface area contributed by atoms with Gasteiger partial charge in [0.05, 0.1) is 12.8 Å². The number of methoxy groups -OCH3 is 2. The van der Waals surface area contributed by atoms with Gasteiger partial charge in [-0.05, 0) is 20.3 Å². The van der Waals surface area contributed by atoms with Crippen molar-refractivity contribution in [3.63, 3.8) is 0 Å². The van der Waals surface area contributed by atoms with Gasteiger partial charge in [-0.1, -0.05) is 6.92 Å². The standard InChI is InChI=1S/C11H21N3O3/c1-6-11(3,17-5)8(7(2)12)14-9(13)10(15)16-4/h6,12H2,1-5H3,(H2,13,14)/b8-7-. The van der Waals surface area contributed by atoms with Crippen molar-refractivity contribution in [1.82, 2.24) is 0 Å². The molecule has 0 aliphatic carbocycles. The van der Waals surface area contributed by atoms with E-state index in [9.17, 15) is 4.79 Å². The summed E-state index contributed by atoms with van der Waals surface area (Å²) < 4.78 is 9.85. The van der Waals surface area contributed by atoms with Crippen molar-refractivity contribution in [2.75, 3.05) is 14.2 Å². The summed E-state index contributed by atoms with van der Waals surface area (Å²) >= 11 is 0. The monoisotopic (exact) mass is 243 g/mol. The van der Waals surface area contributed by atoms with Crippen LogP contribution < -0.4 is 11.5 Å². The van der Waals surface area contributed by atoms with Crippen LogP contribution in [0.3, 0.4) is 0 Å². The van der Waals surface area contributed by atoms with E-state index in [0.717, 1.165) is 0 Å². The number of allylic oxidation sites excluding steroid dienone is 1. The van der Waals surface area contributed by atoms with Crippen LogP contribution in [0.25, 0.3) is 0 Å². The minimum absolute atomic E-state index is 0.246. The molecule has 0 aromatic rings. The van der Waals surface area contributed by atoms with Gasteiger partial charge in [-0.3, -0.25) is 0 Å². The zero-order chi connectivity index (χ0) is 13.6. The average molecular weight is 243 g/mol. The Balaban J connectivity index is 5.46. The van der Waals surface area contributed by atoms with Crippen molar-refractivity contribution in [2.45, 2.75) is 32.8 Å². The Hall–Kier alpha value is -1.56. The van der Waals surface area contributed by atoms with Crippen LogP contribution in [0.2, 0.25) is 0 Å². The molecule has 0 fully saturated rings. The number of carbonyl (C=O) groups excluding carboxylic acids is 1. The third-order valence-electron chi connectivity index (χ3n) is 2.63. The first-order chi connectivity index (χ1) is 7.82. The molecule has 6 heteroatoms. The summed E-state index contributed by atoms with van der Waals surface area (Å²) in [4.78, 5) is 15.2. The topological polar surface area (TPSA) is 99.9 Å². The number of hydrogen-bond donors (Lipinski definition) is 2. The highest BCUT2D eigenvalue weighted by Crippen LogP contribution is 2.26. The van der Waals surface area contributed by atoms with Crippen LogP contribution in [0, 0.1) is 0 Å². The van der Waals surface area contributed by atoms with Crippen molar-refractivity contribution in [3.8, 4) is 0 Å². The second-order valence-corrected chi connectivity index (χ2v) is 3.81. The molecule has 0 spiro atoms. The Morgan fingerprint density at radius 2 is 1.88 bits per heavy atom. The van der Waals surface area contributed by atoms with Crippen molar-refractivity contribution < 1.29 is 14.3 Å². The van der Waals surface area contributed by atoms with Gasteiger partial charge in [0.2, 0.25) is 5.84 Å². The van der Waals surface area contributed by atoms with Crippen molar-refractivity contribution in [2.24, 2.45) is 16.5 Å².